The molecule has 18 heavy (non-hydrogen) atoms. The third-order valence-corrected chi connectivity index (χ3v) is 2.09. The van der Waals surface area contributed by atoms with Crippen LogP contribution in [0.3, 0.4) is 0 Å². The van der Waals surface area contributed by atoms with E-state index in [4.69, 9.17) is 5.11 Å². The van der Waals surface area contributed by atoms with Crippen molar-refractivity contribution in [3.05, 3.63) is 36.2 Å². The molecule has 96 valence electrons. The number of hydrogen-bond donors (Lipinski definition) is 2. The largest absolute Gasteiger partial charge is 0.477 e. The Morgan fingerprint density at radius 2 is 2.17 bits per heavy atom. The van der Waals surface area contributed by atoms with Gasteiger partial charge in [-0.15, -0.1) is 0 Å². The Kier molecular flexibility index (Phi) is 4.42. The van der Waals surface area contributed by atoms with Crippen LogP contribution in [-0.4, -0.2) is 40.6 Å². The predicted molar refractivity (Wildman–Crippen MR) is 67.7 cm³/mol. The minimum Gasteiger partial charge on any atom is -0.477 e. The van der Waals surface area contributed by atoms with Gasteiger partial charge in [-0.1, -0.05) is 12.2 Å². The first-order chi connectivity index (χ1) is 8.40. The van der Waals surface area contributed by atoms with E-state index in [1.807, 2.05) is 6.92 Å². The Hall–Kier alpha value is -2.37. The number of aromatic nitrogens is 1. The second kappa shape index (κ2) is 5.81. The topological polar surface area (TPSA) is 82.5 Å². The van der Waals surface area contributed by atoms with Gasteiger partial charge in [-0.2, -0.15) is 0 Å². The zero-order valence-electron chi connectivity index (χ0n) is 10.3. The molecule has 0 radical (unpaired) electrons. The number of aromatic carboxylic acids is 1. The van der Waals surface area contributed by atoms with Crippen molar-refractivity contribution in [1.82, 2.24) is 9.88 Å². The molecule has 1 rings (SSSR count). The molecule has 0 spiro atoms. The number of anilines is 1. The first kappa shape index (κ1) is 13.7. The second-order valence-corrected chi connectivity index (χ2v) is 3.98. The van der Waals surface area contributed by atoms with E-state index in [1.165, 1.54) is 23.2 Å². The van der Waals surface area contributed by atoms with Crippen molar-refractivity contribution in [3.63, 3.8) is 0 Å². The average molecular weight is 249 g/mol. The van der Waals surface area contributed by atoms with Gasteiger partial charge in [-0.3, -0.25) is 0 Å². The smallest absolute Gasteiger partial charge is 0.354 e. The van der Waals surface area contributed by atoms with Crippen LogP contribution in [0.15, 0.2) is 30.5 Å². The molecule has 0 aliphatic carbocycles. The number of carboxylic acids is 1. The van der Waals surface area contributed by atoms with Gasteiger partial charge in [0.15, 0.2) is 0 Å². The van der Waals surface area contributed by atoms with Crippen molar-refractivity contribution in [2.24, 2.45) is 0 Å². The van der Waals surface area contributed by atoms with Crippen LogP contribution in [0.5, 0.6) is 0 Å². The molecule has 0 aromatic carbocycles. The van der Waals surface area contributed by atoms with Crippen LogP contribution in [0.25, 0.3) is 0 Å². The number of pyridine rings is 1. The maximum absolute atomic E-state index is 11.7. The third-order valence-electron chi connectivity index (χ3n) is 2.09. The molecule has 0 saturated heterocycles. The SMILES string of the molecule is C=C(C)CN(C)C(=O)Nc1ccc(C(=O)O)nc1. The van der Waals surface area contributed by atoms with Gasteiger partial charge in [-0.25, -0.2) is 14.6 Å². The Bertz CT molecular complexity index is 468. The molecular weight excluding hydrogens is 234 g/mol. The molecule has 0 aliphatic rings. The Balaban J connectivity index is 2.64. The van der Waals surface area contributed by atoms with E-state index in [0.717, 1.165) is 5.57 Å². The highest BCUT2D eigenvalue weighted by molar-refractivity contribution is 5.90. The van der Waals surface area contributed by atoms with Gasteiger partial charge in [0.2, 0.25) is 0 Å². The summed E-state index contributed by atoms with van der Waals surface area (Å²) in [7, 11) is 1.64. The molecule has 0 fully saturated rings. The van der Waals surface area contributed by atoms with E-state index in [-0.39, 0.29) is 11.7 Å². The van der Waals surface area contributed by atoms with Crippen molar-refractivity contribution in [1.29, 1.82) is 0 Å². The van der Waals surface area contributed by atoms with Crippen LogP contribution in [0.2, 0.25) is 0 Å². The first-order valence-electron chi connectivity index (χ1n) is 5.26. The molecular formula is C12H15N3O3. The number of carbonyl (C=O) groups excluding carboxylic acids is 1. The Labute approximate surface area is 105 Å². The van der Waals surface area contributed by atoms with Gasteiger partial charge < -0.3 is 15.3 Å². The average Bonchev–Trinajstić information content (AvgIpc) is 2.28. The minimum atomic E-state index is -1.10. The highest BCUT2D eigenvalue weighted by atomic mass is 16.4. The minimum absolute atomic E-state index is 0.0664. The fraction of sp³-hybridized carbons (Fsp3) is 0.250. The molecule has 1 aromatic heterocycles. The number of urea groups is 1. The standard InChI is InChI=1S/C12H15N3O3/c1-8(2)7-15(3)12(18)14-9-4-5-10(11(16)17)13-6-9/h4-6H,1,7H2,2-3H3,(H,14,18)(H,16,17). The fourth-order valence-corrected chi connectivity index (χ4v) is 1.29. The number of nitrogens with one attached hydrogen (secondary N) is 1. The quantitative estimate of drug-likeness (QED) is 0.797. The molecule has 2 amide bonds. The number of hydrogen-bond acceptors (Lipinski definition) is 3. The van der Waals surface area contributed by atoms with E-state index < -0.39 is 5.97 Å². The molecule has 0 bridgehead atoms. The summed E-state index contributed by atoms with van der Waals surface area (Å²) in [5, 5.41) is 11.3. The van der Waals surface area contributed by atoms with Gasteiger partial charge in [0.1, 0.15) is 5.69 Å². The highest BCUT2D eigenvalue weighted by Crippen LogP contribution is 2.07. The summed E-state index contributed by atoms with van der Waals surface area (Å²) in [5.74, 6) is -1.10. The Morgan fingerprint density at radius 1 is 1.50 bits per heavy atom. The molecule has 1 aromatic rings. The van der Waals surface area contributed by atoms with Crippen LogP contribution in [0.4, 0.5) is 10.5 Å². The molecule has 2 N–H and O–H groups in total. The van der Waals surface area contributed by atoms with Crippen LogP contribution in [0.1, 0.15) is 17.4 Å². The van der Waals surface area contributed by atoms with Crippen molar-refractivity contribution in [2.45, 2.75) is 6.92 Å². The molecule has 0 aliphatic heterocycles. The normalized spacial score (nSPS) is 9.67. The number of carboxylic acid groups (broad SMARTS) is 1. The maximum atomic E-state index is 11.7. The summed E-state index contributed by atoms with van der Waals surface area (Å²) in [4.78, 5) is 27.5. The first-order valence-corrected chi connectivity index (χ1v) is 5.26. The van der Waals surface area contributed by atoms with Crippen LogP contribution in [-0.2, 0) is 0 Å². The number of nitrogens with zero attached hydrogens (tertiary/aromatic N) is 2. The number of likely N-dealkylation sites (N-methyl/N-ethyl adjacent to an activating group) is 1. The highest BCUT2D eigenvalue weighted by Gasteiger charge is 2.09. The van der Waals surface area contributed by atoms with Gasteiger partial charge in [0.05, 0.1) is 11.9 Å². The fourth-order valence-electron chi connectivity index (χ4n) is 1.29. The molecule has 0 atom stereocenters. The van der Waals surface area contributed by atoms with E-state index >= 15 is 0 Å². The Morgan fingerprint density at radius 3 is 2.61 bits per heavy atom. The molecule has 6 heteroatoms. The summed E-state index contributed by atoms with van der Waals surface area (Å²) in [6.45, 7) is 5.99. The predicted octanol–water partition coefficient (Wildman–Crippen LogP) is 1.82. The van der Waals surface area contributed by atoms with Gasteiger partial charge in [-0.05, 0) is 19.1 Å². The zero-order chi connectivity index (χ0) is 13.7. The summed E-state index contributed by atoms with van der Waals surface area (Å²) in [5.41, 5.74) is 1.24. The van der Waals surface area contributed by atoms with Crippen molar-refractivity contribution < 1.29 is 14.7 Å². The van der Waals surface area contributed by atoms with E-state index in [2.05, 4.69) is 16.9 Å². The third kappa shape index (κ3) is 3.89. The van der Waals surface area contributed by atoms with Crippen molar-refractivity contribution in [3.8, 4) is 0 Å². The van der Waals surface area contributed by atoms with Crippen molar-refractivity contribution in [2.75, 3.05) is 18.9 Å². The number of rotatable bonds is 4. The van der Waals surface area contributed by atoms with E-state index in [0.29, 0.717) is 12.2 Å². The lowest BCUT2D eigenvalue weighted by atomic mass is 10.3. The zero-order valence-corrected chi connectivity index (χ0v) is 10.3. The molecule has 1 heterocycles. The molecule has 0 unspecified atom stereocenters. The van der Waals surface area contributed by atoms with Gasteiger partial charge in [0, 0.05) is 13.6 Å². The van der Waals surface area contributed by atoms with Crippen LogP contribution < -0.4 is 5.32 Å². The van der Waals surface area contributed by atoms with Gasteiger partial charge >= 0.3 is 12.0 Å². The molecule has 0 saturated carbocycles. The summed E-state index contributed by atoms with van der Waals surface area (Å²) < 4.78 is 0. The van der Waals surface area contributed by atoms with E-state index in [1.54, 1.807) is 7.05 Å². The molecule has 6 nitrogen and oxygen atoms in total. The second-order valence-electron chi connectivity index (χ2n) is 3.98. The lowest BCUT2D eigenvalue weighted by Crippen LogP contribution is -2.32. The summed E-state index contributed by atoms with van der Waals surface area (Å²) >= 11 is 0. The van der Waals surface area contributed by atoms with Crippen LogP contribution in [0, 0.1) is 0 Å². The van der Waals surface area contributed by atoms with Gasteiger partial charge in [0.25, 0.3) is 0 Å². The lowest BCUT2D eigenvalue weighted by Gasteiger charge is -2.17. The number of amides is 2. The van der Waals surface area contributed by atoms with Crippen molar-refractivity contribution >= 4 is 17.7 Å². The number of carbonyl (C=O) groups is 2. The lowest BCUT2D eigenvalue weighted by molar-refractivity contribution is 0.0690. The van der Waals surface area contributed by atoms with Crippen LogP contribution >= 0.6 is 0 Å². The monoisotopic (exact) mass is 249 g/mol. The maximum Gasteiger partial charge on any atom is 0.354 e. The summed E-state index contributed by atoms with van der Waals surface area (Å²) in [6, 6.07) is 2.52. The van der Waals surface area contributed by atoms with E-state index in [9.17, 15) is 9.59 Å². The summed E-state index contributed by atoms with van der Waals surface area (Å²) in [6.07, 6.45) is 1.30.